The van der Waals surface area contributed by atoms with E-state index in [0.717, 1.165) is 6.42 Å². The number of anilines is 1. The van der Waals surface area contributed by atoms with Crippen molar-refractivity contribution in [2.24, 2.45) is 0 Å². The molecular formula is C13H17ClN2O3. The fourth-order valence-corrected chi connectivity index (χ4v) is 2.63. The highest BCUT2D eigenvalue weighted by Crippen LogP contribution is 2.37. The molecule has 1 saturated heterocycles. The molecule has 0 aliphatic carbocycles. The molecule has 1 heterocycles. The lowest BCUT2D eigenvalue weighted by Crippen LogP contribution is -2.48. The van der Waals surface area contributed by atoms with E-state index >= 15 is 0 Å². The Hall–Kier alpha value is -1.33. The molecule has 0 spiro atoms. The Labute approximate surface area is 117 Å². The van der Waals surface area contributed by atoms with E-state index in [1.54, 1.807) is 18.2 Å². The number of hydrogen-bond donors (Lipinski definition) is 0. The second-order valence-corrected chi connectivity index (χ2v) is 5.13. The number of nitrogens with zero attached hydrogens (tertiary/aromatic N) is 2. The Morgan fingerprint density at radius 2 is 2.32 bits per heavy atom. The first-order valence-electron chi connectivity index (χ1n) is 6.35. The third-order valence-electron chi connectivity index (χ3n) is 3.40. The molecule has 1 aromatic rings. The molecule has 2 atom stereocenters. The maximum absolute atomic E-state index is 11.2. The Bertz CT molecular complexity index is 481. The smallest absolute Gasteiger partial charge is 0.310 e. The number of ether oxygens (including phenoxy) is 1. The number of hydrogen-bond acceptors (Lipinski definition) is 4. The fourth-order valence-electron chi connectivity index (χ4n) is 2.39. The predicted octanol–water partition coefficient (Wildman–Crippen LogP) is 3.25. The van der Waals surface area contributed by atoms with E-state index in [0.29, 0.717) is 18.8 Å². The predicted molar refractivity (Wildman–Crippen MR) is 74.9 cm³/mol. The van der Waals surface area contributed by atoms with Gasteiger partial charge in [0.1, 0.15) is 10.7 Å². The van der Waals surface area contributed by atoms with Crippen molar-refractivity contribution >= 4 is 23.0 Å². The third-order valence-corrected chi connectivity index (χ3v) is 3.70. The largest absolute Gasteiger partial charge is 0.375 e. The van der Waals surface area contributed by atoms with Gasteiger partial charge in [0.15, 0.2) is 0 Å². The van der Waals surface area contributed by atoms with Gasteiger partial charge in [0.05, 0.1) is 23.7 Å². The minimum absolute atomic E-state index is 0.0169. The number of para-hydroxylation sites is 1. The highest BCUT2D eigenvalue weighted by molar-refractivity contribution is 6.33. The Morgan fingerprint density at radius 3 is 2.95 bits per heavy atom. The van der Waals surface area contributed by atoms with Gasteiger partial charge in [-0.15, -0.1) is 0 Å². The summed E-state index contributed by atoms with van der Waals surface area (Å²) >= 11 is 5.97. The van der Waals surface area contributed by atoms with Gasteiger partial charge in [-0.2, -0.15) is 0 Å². The number of benzene rings is 1. The van der Waals surface area contributed by atoms with Gasteiger partial charge in [-0.3, -0.25) is 10.1 Å². The molecule has 1 aliphatic heterocycles. The average Bonchev–Trinajstić information content (AvgIpc) is 2.37. The number of rotatable bonds is 3. The molecule has 6 heteroatoms. The summed E-state index contributed by atoms with van der Waals surface area (Å²) in [6.07, 6.45) is 0.928. The topological polar surface area (TPSA) is 55.6 Å². The van der Waals surface area contributed by atoms with Crippen LogP contribution in [-0.2, 0) is 4.74 Å². The first kappa shape index (κ1) is 14.1. The molecule has 1 aliphatic rings. The summed E-state index contributed by atoms with van der Waals surface area (Å²) in [4.78, 5) is 12.9. The summed E-state index contributed by atoms with van der Waals surface area (Å²) in [5.74, 6) is 0. The van der Waals surface area contributed by atoms with Crippen LogP contribution in [-0.4, -0.2) is 30.2 Å². The highest BCUT2D eigenvalue weighted by atomic mass is 35.5. The molecule has 0 amide bonds. The monoisotopic (exact) mass is 284 g/mol. The summed E-state index contributed by atoms with van der Waals surface area (Å²) < 4.78 is 5.62. The quantitative estimate of drug-likeness (QED) is 0.631. The number of halogens is 1. The molecule has 0 bridgehead atoms. The van der Waals surface area contributed by atoms with Gasteiger partial charge in [0, 0.05) is 6.54 Å². The molecule has 5 nitrogen and oxygen atoms in total. The molecule has 104 valence electrons. The van der Waals surface area contributed by atoms with Crippen LogP contribution in [0.25, 0.3) is 0 Å². The molecule has 19 heavy (non-hydrogen) atoms. The van der Waals surface area contributed by atoms with E-state index in [-0.39, 0.29) is 22.9 Å². The second kappa shape index (κ2) is 5.75. The molecule has 0 N–H and O–H groups in total. The zero-order valence-corrected chi connectivity index (χ0v) is 11.8. The van der Waals surface area contributed by atoms with Gasteiger partial charge in [0.2, 0.25) is 0 Å². The van der Waals surface area contributed by atoms with Crippen LogP contribution >= 0.6 is 11.6 Å². The van der Waals surface area contributed by atoms with Crippen LogP contribution in [0.2, 0.25) is 5.02 Å². The van der Waals surface area contributed by atoms with Gasteiger partial charge in [-0.1, -0.05) is 24.6 Å². The SMILES string of the molecule is CCC1COC(C)CN1c1cccc(Cl)c1[N+](=O)[O-]. The maximum Gasteiger partial charge on any atom is 0.310 e. The van der Waals surface area contributed by atoms with Crippen molar-refractivity contribution < 1.29 is 9.66 Å². The Morgan fingerprint density at radius 1 is 1.58 bits per heavy atom. The highest BCUT2D eigenvalue weighted by Gasteiger charge is 2.31. The zero-order chi connectivity index (χ0) is 14.0. The van der Waals surface area contributed by atoms with E-state index < -0.39 is 4.92 Å². The van der Waals surface area contributed by atoms with Gasteiger partial charge in [-0.25, -0.2) is 0 Å². The van der Waals surface area contributed by atoms with Crippen LogP contribution in [0, 0.1) is 10.1 Å². The molecule has 1 aromatic carbocycles. The van der Waals surface area contributed by atoms with Gasteiger partial charge in [0.25, 0.3) is 0 Å². The third kappa shape index (κ3) is 2.82. The lowest BCUT2D eigenvalue weighted by Gasteiger charge is -2.39. The van der Waals surface area contributed by atoms with Crippen molar-refractivity contribution in [3.05, 3.63) is 33.3 Å². The number of nitro groups is 1. The van der Waals surface area contributed by atoms with Crippen molar-refractivity contribution in [1.29, 1.82) is 0 Å². The summed E-state index contributed by atoms with van der Waals surface area (Å²) in [5, 5.41) is 11.4. The molecule has 2 rings (SSSR count). The van der Waals surface area contributed by atoms with Crippen LogP contribution in [0.4, 0.5) is 11.4 Å². The summed E-state index contributed by atoms with van der Waals surface area (Å²) in [7, 11) is 0. The average molecular weight is 285 g/mol. The van der Waals surface area contributed by atoms with E-state index in [4.69, 9.17) is 16.3 Å². The first-order chi connectivity index (χ1) is 9.04. The lowest BCUT2D eigenvalue weighted by atomic mass is 10.1. The zero-order valence-electron chi connectivity index (χ0n) is 11.0. The van der Waals surface area contributed by atoms with Crippen molar-refractivity contribution in [1.82, 2.24) is 0 Å². The fraction of sp³-hybridized carbons (Fsp3) is 0.538. The lowest BCUT2D eigenvalue weighted by molar-refractivity contribution is -0.384. The van der Waals surface area contributed by atoms with Gasteiger partial charge >= 0.3 is 5.69 Å². The van der Waals surface area contributed by atoms with Crippen molar-refractivity contribution in [3.63, 3.8) is 0 Å². The van der Waals surface area contributed by atoms with Crippen LogP contribution in [0.3, 0.4) is 0 Å². The standard InChI is InChI=1S/C13H17ClN2O3/c1-3-10-8-19-9(2)7-15(10)12-6-4-5-11(14)13(12)16(17)18/h4-6,9-10H,3,7-8H2,1-2H3. The summed E-state index contributed by atoms with van der Waals surface area (Å²) in [6, 6.07) is 5.20. The van der Waals surface area contributed by atoms with Crippen molar-refractivity contribution in [2.75, 3.05) is 18.1 Å². The van der Waals surface area contributed by atoms with Gasteiger partial charge in [-0.05, 0) is 25.5 Å². The van der Waals surface area contributed by atoms with Crippen molar-refractivity contribution in [3.8, 4) is 0 Å². The molecule has 0 saturated carbocycles. The molecule has 0 radical (unpaired) electrons. The van der Waals surface area contributed by atoms with E-state index in [2.05, 4.69) is 0 Å². The molecule has 2 unspecified atom stereocenters. The normalized spacial score (nSPS) is 23.4. The second-order valence-electron chi connectivity index (χ2n) is 4.72. The minimum Gasteiger partial charge on any atom is -0.375 e. The number of morpholine rings is 1. The maximum atomic E-state index is 11.2. The minimum atomic E-state index is -0.412. The summed E-state index contributed by atoms with van der Waals surface area (Å²) in [6.45, 7) is 5.24. The molecule has 0 aromatic heterocycles. The first-order valence-corrected chi connectivity index (χ1v) is 6.73. The van der Waals surface area contributed by atoms with E-state index in [9.17, 15) is 10.1 Å². The van der Waals surface area contributed by atoms with Crippen LogP contribution in [0.1, 0.15) is 20.3 Å². The number of nitro benzene ring substituents is 1. The van der Waals surface area contributed by atoms with E-state index in [1.165, 1.54) is 0 Å². The van der Waals surface area contributed by atoms with Crippen LogP contribution in [0.5, 0.6) is 0 Å². The van der Waals surface area contributed by atoms with Crippen molar-refractivity contribution in [2.45, 2.75) is 32.4 Å². The molecular weight excluding hydrogens is 268 g/mol. The van der Waals surface area contributed by atoms with E-state index in [1.807, 2.05) is 18.7 Å². The van der Waals surface area contributed by atoms with Crippen LogP contribution in [0.15, 0.2) is 18.2 Å². The molecule has 1 fully saturated rings. The van der Waals surface area contributed by atoms with Crippen LogP contribution < -0.4 is 4.90 Å². The van der Waals surface area contributed by atoms with Gasteiger partial charge < -0.3 is 9.64 Å². The Kier molecular flexibility index (Phi) is 4.27. The Balaban J connectivity index is 2.44. The summed E-state index contributed by atoms with van der Waals surface area (Å²) in [5.41, 5.74) is 0.566.